The number of aliphatic hydroxyl groups is 2. The SMILES string of the molecule is C=O.CO.NCCC(=O)Nc1cc(CNC2CCc3cc(F)cc4nc5c(c2c34)Cn2c-5cc3c(c2=O)COC(=O)C3)ccc1OC1OC(C(=O)O)C2OC2C1O. The zero-order valence-corrected chi connectivity index (χ0v) is 30.7. The lowest BCUT2D eigenvalue weighted by Gasteiger charge is -2.30. The van der Waals surface area contributed by atoms with Crippen LogP contribution < -0.4 is 26.7 Å². The van der Waals surface area contributed by atoms with Crippen molar-refractivity contribution in [2.75, 3.05) is 19.0 Å². The Bertz CT molecular complexity index is 2340. The molecule has 2 aromatic heterocycles. The van der Waals surface area contributed by atoms with E-state index in [1.807, 2.05) is 12.9 Å². The Labute approximate surface area is 323 Å². The van der Waals surface area contributed by atoms with Crippen molar-refractivity contribution in [2.24, 2.45) is 5.73 Å². The van der Waals surface area contributed by atoms with Crippen LogP contribution in [0.25, 0.3) is 22.3 Å². The number of epoxide rings is 1. The van der Waals surface area contributed by atoms with Crippen LogP contribution in [0.5, 0.6) is 5.75 Å². The molecule has 6 unspecified atom stereocenters. The van der Waals surface area contributed by atoms with Crippen molar-refractivity contribution in [3.63, 3.8) is 0 Å². The van der Waals surface area contributed by atoms with Crippen LogP contribution in [0.1, 0.15) is 52.3 Å². The molecule has 0 bridgehead atoms. The molecule has 2 saturated heterocycles. The molecule has 4 aliphatic heterocycles. The third kappa shape index (κ3) is 7.26. The number of carbonyl (C=O) groups excluding carboxylic acids is 3. The largest absolute Gasteiger partial charge is 0.479 e. The summed E-state index contributed by atoms with van der Waals surface area (Å²) in [4.78, 5) is 63.0. The molecule has 0 saturated carbocycles. The number of aryl methyl sites for hydroxylation is 1. The molecule has 6 heterocycles. The van der Waals surface area contributed by atoms with E-state index in [0.717, 1.165) is 34.7 Å². The fraction of sp³-hybridized carbons (Fsp3) is 0.385. The van der Waals surface area contributed by atoms with E-state index in [0.29, 0.717) is 47.4 Å². The van der Waals surface area contributed by atoms with Gasteiger partial charge in [-0.3, -0.25) is 14.4 Å². The molecule has 17 nitrogen and oxygen atoms in total. The Balaban J connectivity index is 0.00000120. The first-order valence-corrected chi connectivity index (χ1v) is 18.1. The number of amides is 1. The number of carbonyl (C=O) groups is 4. The second-order valence-corrected chi connectivity index (χ2v) is 13.9. The Hall–Kier alpha value is -5.63. The highest BCUT2D eigenvalue weighted by Gasteiger charge is 2.60. The van der Waals surface area contributed by atoms with Crippen LogP contribution in [-0.2, 0) is 65.9 Å². The molecule has 0 spiro atoms. The second kappa shape index (κ2) is 16.1. The summed E-state index contributed by atoms with van der Waals surface area (Å²) in [6.07, 6.45) is -4.23. The van der Waals surface area contributed by atoms with E-state index in [4.69, 9.17) is 39.6 Å². The van der Waals surface area contributed by atoms with Crippen molar-refractivity contribution in [1.82, 2.24) is 14.9 Å². The number of aromatic nitrogens is 2. The molecule has 1 amide bonds. The number of esters is 1. The number of nitrogens with one attached hydrogen (secondary N) is 2. The maximum Gasteiger partial charge on any atom is 0.335 e. The molecule has 57 heavy (non-hydrogen) atoms. The highest BCUT2D eigenvalue weighted by Crippen LogP contribution is 2.44. The van der Waals surface area contributed by atoms with E-state index in [1.54, 1.807) is 22.8 Å². The van der Waals surface area contributed by atoms with Crippen LogP contribution in [-0.4, -0.2) is 93.9 Å². The number of nitrogens with two attached hydrogens (primary N) is 1. The number of carboxylic acids is 1. The lowest BCUT2D eigenvalue weighted by atomic mass is 9.83. The first kappa shape index (κ1) is 39.6. The van der Waals surface area contributed by atoms with Gasteiger partial charge in [-0.05, 0) is 59.4 Å². The number of benzene rings is 2. The zero-order valence-electron chi connectivity index (χ0n) is 30.7. The number of aliphatic carboxylic acids is 1. The monoisotopic (exact) mass is 789 g/mol. The van der Waals surface area contributed by atoms with Gasteiger partial charge in [-0.25, -0.2) is 14.2 Å². The van der Waals surface area contributed by atoms with E-state index in [1.165, 1.54) is 12.1 Å². The summed E-state index contributed by atoms with van der Waals surface area (Å²) in [5.74, 6) is -2.28. The predicted octanol–water partition coefficient (Wildman–Crippen LogP) is 0.968. The van der Waals surface area contributed by atoms with Gasteiger partial charge >= 0.3 is 11.9 Å². The smallest absolute Gasteiger partial charge is 0.335 e. The van der Waals surface area contributed by atoms with Gasteiger partial charge in [0.05, 0.1) is 41.1 Å². The molecule has 4 aromatic rings. The summed E-state index contributed by atoms with van der Waals surface area (Å²) >= 11 is 0. The van der Waals surface area contributed by atoms with Crippen molar-refractivity contribution >= 4 is 41.2 Å². The van der Waals surface area contributed by atoms with Gasteiger partial charge in [-0.1, -0.05) is 6.07 Å². The molecule has 7 N–H and O–H groups in total. The first-order valence-electron chi connectivity index (χ1n) is 18.1. The van der Waals surface area contributed by atoms with Gasteiger partial charge in [0.25, 0.3) is 5.56 Å². The third-order valence-electron chi connectivity index (χ3n) is 10.6. The van der Waals surface area contributed by atoms with Crippen LogP contribution in [0.2, 0.25) is 0 Å². The molecular formula is C39H40FN5O12. The Kier molecular flexibility index (Phi) is 11.2. The number of cyclic esters (lactones) is 1. The normalized spacial score (nSPS) is 23.2. The molecule has 2 aromatic carbocycles. The maximum atomic E-state index is 14.9. The Morgan fingerprint density at radius 1 is 1.09 bits per heavy atom. The van der Waals surface area contributed by atoms with Crippen LogP contribution in [0.15, 0.2) is 41.2 Å². The van der Waals surface area contributed by atoms with Gasteiger partial charge in [0.2, 0.25) is 12.2 Å². The minimum atomic E-state index is -1.37. The number of pyridine rings is 2. The van der Waals surface area contributed by atoms with Gasteiger partial charge in [-0.2, -0.15) is 0 Å². The molecule has 300 valence electrons. The summed E-state index contributed by atoms with van der Waals surface area (Å²) in [5.41, 5.74) is 11.7. The van der Waals surface area contributed by atoms with Gasteiger partial charge < -0.3 is 60.0 Å². The maximum absolute atomic E-state index is 14.9. The zero-order chi connectivity index (χ0) is 40.7. The number of fused-ring (bicyclic) bond motifs is 6. The van der Waals surface area contributed by atoms with Crippen LogP contribution in [0.3, 0.4) is 0 Å². The molecule has 6 atom stereocenters. The highest BCUT2D eigenvalue weighted by molar-refractivity contribution is 5.93. The topological polar surface area (TPSA) is 254 Å². The number of rotatable bonds is 9. The molecule has 0 radical (unpaired) electrons. The quantitative estimate of drug-likeness (QED) is 0.0899. The second-order valence-electron chi connectivity index (χ2n) is 13.9. The first-order chi connectivity index (χ1) is 27.6. The summed E-state index contributed by atoms with van der Waals surface area (Å²) in [6.45, 7) is 2.60. The van der Waals surface area contributed by atoms with Gasteiger partial charge in [-0.15, -0.1) is 0 Å². The average Bonchev–Trinajstić information content (AvgIpc) is 3.93. The lowest BCUT2D eigenvalue weighted by molar-refractivity contribution is -0.201. The van der Waals surface area contributed by atoms with Crippen LogP contribution in [0.4, 0.5) is 10.1 Å². The van der Waals surface area contributed by atoms with Crippen molar-refractivity contribution < 1.29 is 57.8 Å². The van der Waals surface area contributed by atoms with Crippen molar-refractivity contribution in [2.45, 2.75) is 82.1 Å². The fourth-order valence-corrected chi connectivity index (χ4v) is 8.04. The number of nitrogens with zero attached hydrogens (tertiary/aromatic N) is 2. The van der Waals surface area contributed by atoms with Crippen LogP contribution in [0, 0.1) is 5.82 Å². The minimum absolute atomic E-state index is 0.0118. The fourth-order valence-electron chi connectivity index (χ4n) is 8.04. The van der Waals surface area contributed by atoms with Crippen molar-refractivity contribution in [3.05, 3.63) is 85.9 Å². The minimum Gasteiger partial charge on any atom is -0.479 e. The number of halogens is 1. The summed E-state index contributed by atoms with van der Waals surface area (Å²) in [7, 11) is 1.00. The van der Waals surface area contributed by atoms with Crippen LogP contribution >= 0.6 is 0 Å². The molecule has 18 heteroatoms. The number of aliphatic hydroxyl groups excluding tert-OH is 2. The number of carboxylic acid groups (broad SMARTS) is 1. The Morgan fingerprint density at radius 2 is 1.88 bits per heavy atom. The lowest BCUT2D eigenvalue weighted by Crippen LogP contribution is -2.50. The van der Waals surface area contributed by atoms with Crippen molar-refractivity contribution in [3.8, 4) is 17.1 Å². The van der Waals surface area contributed by atoms with Gasteiger partial charge in [0.1, 0.15) is 43.3 Å². The predicted molar refractivity (Wildman–Crippen MR) is 198 cm³/mol. The average molecular weight is 790 g/mol. The summed E-state index contributed by atoms with van der Waals surface area (Å²) in [5, 5.41) is 34.5. The molecule has 1 aliphatic carbocycles. The van der Waals surface area contributed by atoms with Gasteiger partial charge in [0.15, 0.2) is 6.10 Å². The van der Waals surface area contributed by atoms with E-state index in [2.05, 4.69) is 10.6 Å². The highest BCUT2D eigenvalue weighted by atomic mass is 19.1. The molecule has 5 aliphatic rings. The third-order valence-corrected chi connectivity index (χ3v) is 10.6. The summed E-state index contributed by atoms with van der Waals surface area (Å²) < 4.78 is 38.5. The number of hydrogen-bond donors (Lipinski definition) is 6. The molecule has 9 rings (SSSR count). The number of hydrogen-bond acceptors (Lipinski definition) is 14. The Morgan fingerprint density at radius 3 is 2.63 bits per heavy atom. The van der Waals surface area contributed by atoms with E-state index < -0.39 is 48.5 Å². The van der Waals surface area contributed by atoms with E-state index in [9.17, 15) is 33.8 Å². The number of ether oxygens (including phenoxy) is 4. The van der Waals surface area contributed by atoms with Gasteiger partial charge in [0, 0.05) is 49.7 Å². The molecular weight excluding hydrogens is 749 g/mol. The van der Waals surface area contributed by atoms with Crippen molar-refractivity contribution in [1.29, 1.82) is 0 Å². The summed E-state index contributed by atoms with van der Waals surface area (Å²) in [6, 6.07) is 9.59. The van der Waals surface area contributed by atoms with E-state index >= 15 is 0 Å². The number of anilines is 1. The standard InChI is InChI=1S/C37H34FN5O10.CH4O.CH2O/c38-18-8-16-2-3-21(29-19-13-43-24(30(19)42-23(11-18)28(16)29)9-17-10-27(45)50-14-20(17)35(43)47)40-12-15-1-4-25(22(7-15)41-26(44)5-6-39)51-37-31(46)32-33(52-32)34(53-37)36(48)49;2*1-2/h1,4,7-9,11,21,31-34,37,40,46H,2-3,5-6,10,12-14,39H2,(H,41,44)(H,48,49);2H,1H3;1H2. The molecule has 2 fully saturated rings. The van der Waals surface area contributed by atoms with E-state index in [-0.39, 0.29) is 61.5 Å².